The van der Waals surface area contributed by atoms with Gasteiger partial charge in [-0.15, -0.1) is 0 Å². The predicted octanol–water partition coefficient (Wildman–Crippen LogP) is 6.69. The van der Waals surface area contributed by atoms with E-state index in [9.17, 15) is 14.7 Å². The van der Waals surface area contributed by atoms with Crippen molar-refractivity contribution in [2.24, 2.45) is 45.3 Å². The third-order valence-electron chi connectivity index (χ3n) is 11.6. The number of aldehydes is 1. The van der Waals surface area contributed by atoms with Crippen LogP contribution in [-0.2, 0) is 9.59 Å². The smallest absolute Gasteiger partial charge is 0.138 e. The van der Waals surface area contributed by atoms with Crippen LogP contribution in [0, 0.1) is 45.3 Å². The summed E-state index contributed by atoms with van der Waals surface area (Å²) in [5.41, 5.74) is 2.95. The number of hydrogen-bond acceptors (Lipinski definition) is 3. The highest BCUT2D eigenvalue weighted by molar-refractivity contribution is 5.85. The molecule has 3 fully saturated rings. The minimum atomic E-state index is -0.224. The fourth-order valence-electron chi connectivity index (χ4n) is 9.19. The van der Waals surface area contributed by atoms with Gasteiger partial charge in [0.2, 0.25) is 0 Å². The Hall–Kier alpha value is -1.22. The first-order chi connectivity index (χ1) is 15.5. The molecule has 0 spiro atoms. The van der Waals surface area contributed by atoms with Crippen LogP contribution in [0.15, 0.2) is 23.3 Å². The van der Waals surface area contributed by atoms with E-state index in [4.69, 9.17) is 0 Å². The van der Waals surface area contributed by atoms with Crippen molar-refractivity contribution < 1.29 is 14.7 Å². The van der Waals surface area contributed by atoms with E-state index >= 15 is 0 Å². The van der Waals surface area contributed by atoms with Crippen molar-refractivity contribution >= 4 is 12.1 Å². The lowest BCUT2D eigenvalue weighted by Gasteiger charge is -2.63. The molecular weight excluding hydrogens is 408 g/mol. The van der Waals surface area contributed by atoms with E-state index in [1.165, 1.54) is 25.5 Å². The minimum absolute atomic E-state index is 0.0925. The number of aliphatic hydroxyl groups is 1. The molecule has 1 N–H and O–H groups in total. The van der Waals surface area contributed by atoms with E-state index in [2.05, 4.69) is 46.8 Å². The number of ketones is 1. The van der Waals surface area contributed by atoms with Crippen LogP contribution in [0.5, 0.6) is 0 Å². The van der Waals surface area contributed by atoms with E-state index in [0.29, 0.717) is 23.5 Å². The maximum Gasteiger partial charge on any atom is 0.138 e. The molecule has 4 aliphatic carbocycles. The number of carbonyl (C=O) groups is 2. The standard InChI is InChI=1S/C30H46O3/c1-20(18-31)8-7-9-21(19-32)22-12-16-30(6)24-10-11-25-27(2,3)26(33)14-15-28(25,4)23(24)13-17-29(22,30)5/h8,10,19,21-23,25,31H,7,9,11-18H2,1-6H3. The second-order valence-corrected chi connectivity index (χ2v) is 13.2. The molecule has 0 bridgehead atoms. The van der Waals surface area contributed by atoms with Crippen molar-refractivity contribution in [3.05, 3.63) is 23.3 Å². The first kappa shape index (κ1) is 24.9. The summed E-state index contributed by atoms with van der Waals surface area (Å²) in [7, 11) is 0. The van der Waals surface area contributed by atoms with Crippen LogP contribution in [0.1, 0.15) is 99.3 Å². The summed E-state index contributed by atoms with van der Waals surface area (Å²) in [5.74, 6) is 1.99. The van der Waals surface area contributed by atoms with E-state index in [1.54, 1.807) is 5.57 Å². The van der Waals surface area contributed by atoms with E-state index in [-0.39, 0.29) is 34.2 Å². The van der Waals surface area contributed by atoms with Crippen LogP contribution in [0.4, 0.5) is 0 Å². The summed E-state index contributed by atoms with van der Waals surface area (Å²) in [4.78, 5) is 25.1. The zero-order valence-electron chi connectivity index (χ0n) is 21.9. The number of hydrogen-bond donors (Lipinski definition) is 1. The van der Waals surface area contributed by atoms with Gasteiger partial charge in [-0.1, -0.05) is 57.9 Å². The van der Waals surface area contributed by atoms with Gasteiger partial charge in [0.1, 0.15) is 12.1 Å². The van der Waals surface area contributed by atoms with Crippen LogP contribution in [0.25, 0.3) is 0 Å². The van der Waals surface area contributed by atoms with Crippen LogP contribution in [0.3, 0.4) is 0 Å². The molecule has 0 aliphatic heterocycles. The topological polar surface area (TPSA) is 54.4 Å². The van der Waals surface area contributed by atoms with Gasteiger partial charge in [0, 0.05) is 17.8 Å². The molecule has 0 aromatic heterocycles. The number of Topliss-reactive ketones (excluding diaryl/α,β-unsaturated/α-hetero) is 1. The van der Waals surface area contributed by atoms with Crippen LogP contribution < -0.4 is 0 Å². The molecular formula is C30H46O3. The highest BCUT2D eigenvalue weighted by Crippen LogP contribution is 2.73. The van der Waals surface area contributed by atoms with Gasteiger partial charge < -0.3 is 9.90 Å². The molecule has 3 saturated carbocycles. The van der Waals surface area contributed by atoms with Gasteiger partial charge in [0.15, 0.2) is 0 Å². The highest BCUT2D eigenvalue weighted by atomic mass is 16.3. The van der Waals surface area contributed by atoms with Crippen molar-refractivity contribution in [2.75, 3.05) is 6.61 Å². The Balaban J connectivity index is 1.63. The Bertz CT molecular complexity index is 866. The first-order valence-electron chi connectivity index (χ1n) is 13.4. The molecule has 7 unspecified atom stereocenters. The summed E-state index contributed by atoms with van der Waals surface area (Å²) in [6, 6.07) is 0. The van der Waals surface area contributed by atoms with Gasteiger partial charge in [-0.3, -0.25) is 4.79 Å². The van der Waals surface area contributed by atoms with Gasteiger partial charge in [-0.05, 0) is 92.3 Å². The lowest BCUT2D eigenvalue weighted by Crippen LogP contribution is -2.57. The molecule has 4 aliphatic rings. The number of rotatable bonds is 6. The Morgan fingerprint density at radius 1 is 1.15 bits per heavy atom. The van der Waals surface area contributed by atoms with E-state index in [0.717, 1.165) is 44.1 Å². The van der Waals surface area contributed by atoms with Crippen molar-refractivity contribution in [3.63, 3.8) is 0 Å². The molecule has 0 heterocycles. The molecule has 0 radical (unpaired) electrons. The normalized spacial score (nSPS) is 43.2. The Kier molecular flexibility index (Phi) is 6.39. The minimum Gasteiger partial charge on any atom is -0.392 e. The second kappa shape index (κ2) is 8.47. The molecule has 3 heteroatoms. The molecule has 0 aromatic carbocycles. The van der Waals surface area contributed by atoms with Crippen LogP contribution in [-0.4, -0.2) is 23.8 Å². The van der Waals surface area contributed by atoms with Crippen molar-refractivity contribution in [1.82, 2.24) is 0 Å². The van der Waals surface area contributed by atoms with E-state index < -0.39 is 0 Å². The summed E-state index contributed by atoms with van der Waals surface area (Å²) >= 11 is 0. The quantitative estimate of drug-likeness (QED) is 0.359. The van der Waals surface area contributed by atoms with Crippen LogP contribution >= 0.6 is 0 Å². The zero-order valence-corrected chi connectivity index (χ0v) is 21.9. The van der Waals surface area contributed by atoms with Gasteiger partial charge in [0.05, 0.1) is 6.61 Å². The lowest BCUT2D eigenvalue weighted by molar-refractivity contribution is -0.146. The third-order valence-corrected chi connectivity index (χ3v) is 11.6. The number of allylic oxidation sites excluding steroid dienone is 3. The maximum atomic E-state index is 12.8. The Morgan fingerprint density at radius 2 is 1.88 bits per heavy atom. The Labute approximate surface area is 201 Å². The SMILES string of the molecule is CC(=CCCC(C=O)C1CCC2(C)C3=CCC4C(C)(C)C(=O)CCC4(C)C3CCC12C)CO. The summed E-state index contributed by atoms with van der Waals surface area (Å²) in [6.45, 7) is 13.9. The fraction of sp³-hybridized carbons (Fsp3) is 0.800. The molecule has 7 atom stereocenters. The molecule has 4 rings (SSSR count). The number of aliphatic hydroxyl groups excluding tert-OH is 1. The van der Waals surface area contributed by atoms with Gasteiger partial charge in [-0.2, -0.15) is 0 Å². The first-order valence-corrected chi connectivity index (χ1v) is 13.4. The van der Waals surface area contributed by atoms with Crippen molar-refractivity contribution in [1.29, 1.82) is 0 Å². The maximum absolute atomic E-state index is 12.8. The number of fused-ring (bicyclic) bond motifs is 5. The summed E-state index contributed by atoms with van der Waals surface area (Å²) in [6.07, 6.45) is 15.1. The fourth-order valence-corrected chi connectivity index (χ4v) is 9.19. The number of carbonyl (C=O) groups excluding carboxylic acids is 2. The third kappa shape index (κ3) is 3.55. The molecule has 33 heavy (non-hydrogen) atoms. The summed E-state index contributed by atoms with van der Waals surface area (Å²) < 4.78 is 0. The summed E-state index contributed by atoms with van der Waals surface area (Å²) in [5, 5.41) is 9.30. The van der Waals surface area contributed by atoms with E-state index in [1.807, 2.05) is 6.92 Å². The molecule has 0 amide bonds. The zero-order chi connectivity index (χ0) is 24.2. The van der Waals surface area contributed by atoms with Gasteiger partial charge >= 0.3 is 0 Å². The molecule has 184 valence electrons. The average Bonchev–Trinajstić information content (AvgIpc) is 3.05. The largest absolute Gasteiger partial charge is 0.392 e. The molecule has 0 aromatic rings. The monoisotopic (exact) mass is 454 g/mol. The van der Waals surface area contributed by atoms with Crippen molar-refractivity contribution in [2.45, 2.75) is 99.3 Å². The second-order valence-electron chi connectivity index (χ2n) is 13.2. The highest BCUT2D eigenvalue weighted by Gasteiger charge is 2.65. The lowest BCUT2D eigenvalue weighted by atomic mass is 9.41. The average molecular weight is 455 g/mol. The van der Waals surface area contributed by atoms with Crippen molar-refractivity contribution in [3.8, 4) is 0 Å². The van der Waals surface area contributed by atoms with Gasteiger partial charge in [-0.25, -0.2) is 0 Å². The predicted molar refractivity (Wildman–Crippen MR) is 134 cm³/mol. The molecule has 0 saturated heterocycles. The van der Waals surface area contributed by atoms with Crippen LogP contribution in [0.2, 0.25) is 0 Å². The van der Waals surface area contributed by atoms with Gasteiger partial charge in [0.25, 0.3) is 0 Å². The Morgan fingerprint density at radius 3 is 2.55 bits per heavy atom. The molecule has 3 nitrogen and oxygen atoms in total.